The molecule has 2 rings (SSSR count). The molecule has 1 aromatic rings. The van der Waals surface area contributed by atoms with Gasteiger partial charge in [0, 0.05) is 18.4 Å². The molecule has 0 amide bonds. The quantitative estimate of drug-likeness (QED) is 0.764. The molecule has 0 bridgehead atoms. The van der Waals surface area contributed by atoms with E-state index in [0.717, 1.165) is 17.2 Å². The molecule has 1 aromatic heterocycles. The highest BCUT2D eigenvalue weighted by Gasteiger charge is 2.18. The standard InChI is InChI=1S/C9H14N2OS/c12-5-3-9-11-8(6-13-9)7-2-1-4-10-7/h6-7,10,12H,1-5H2. The summed E-state index contributed by atoms with van der Waals surface area (Å²) in [5.74, 6) is 0. The largest absolute Gasteiger partial charge is 0.396 e. The lowest BCUT2D eigenvalue weighted by molar-refractivity contribution is 0.299. The van der Waals surface area contributed by atoms with Crippen molar-refractivity contribution >= 4 is 11.3 Å². The summed E-state index contributed by atoms with van der Waals surface area (Å²) in [6, 6.07) is 0.462. The molecule has 0 aromatic carbocycles. The second-order valence-corrected chi connectivity index (χ2v) is 4.23. The van der Waals surface area contributed by atoms with Crippen LogP contribution in [0.4, 0.5) is 0 Å². The molecule has 3 nitrogen and oxygen atoms in total. The number of aliphatic hydroxyl groups excluding tert-OH is 1. The first-order valence-corrected chi connectivity index (χ1v) is 5.56. The van der Waals surface area contributed by atoms with Gasteiger partial charge in [-0.1, -0.05) is 0 Å². The summed E-state index contributed by atoms with van der Waals surface area (Å²) in [4.78, 5) is 4.48. The summed E-state index contributed by atoms with van der Waals surface area (Å²) in [6.07, 6.45) is 3.14. The number of aliphatic hydroxyl groups is 1. The van der Waals surface area contributed by atoms with Crippen molar-refractivity contribution in [3.63, 3.8) is 0 Å². The van der Waals surface area contributed by atoms with Crippen molar-refractivity contribution < 1.29 is 5.11 Å². The fraction of sp³-hybridized carbons (Fsp3) is 0.667. The Bertz CT molecular complexity index is 268. The van der Waals surface area contributed by atoms with Crippen LogP contribution in [0.5, 0.6) is 0 Å². The molecule has 1 aliphatic heterocycles. The van der Waals surface area contributed by atoms with Gasteiger partial charge in [0.25, 0.3) is 0 Å². The Morgan fingerprint density at radius 3 is 3.31 bits per heavy atom. The van der Waals surface area contributed by atoms with Gasteiger partial charge in [0.1, 0.15) is 0 Å². The smallest absolute Gasteiger partial charge is 0.0951 e. The molecule has 72 valence electrons. The van der Waals surface area contributed by atoms with Gasteiger partial charge in [-0.3, -0.25) is 0 Å². The number of rotatable bonds is 3. The predicted octanol–water partition coefficient (Wildman–Crippen LogP) is 1.10. The summed E-state index contributed by atoms with van der Waals surface area (Å²) in [6.45, 7) is 1.31. The monoisotopic (exact) mass is 198 g/mol. The molecule has 0 spiro atoms. The molecule has 1 fully saturated rings. The van der Waals surface area contributed by atoms with Crippen LogP contribution in [0.25, 0.3) is 0 Å². The second kappa shape index (κ2) is 4.17. The van der Waals surface area contributed by atoms with Gasteiger partial charge in [0.05, 0.1) is 16.7 Å². The maximum atomic E-state index is 8.75. The van der Waals surface area contributed by atoms with Crippen LogP contribution >= 0.6 is 11.3 Å². The van der Waals surface area contributed by atoms with Crippen molar-refractivity contribution in [2.24, 2.45) is 0 Å². The molecular weight excluding hydrogens is 184 g/mol. The molecule has 0 aliphatic carbocycles. The van der Waals surface area contributed by atoms with Crippen LogP contribution < -0.4 is 5.32 Å². The normalized spacial score (nSPS) is 22.4. The minimum absolute atomic E-state index is 0.199. The maximum absolute atomic E-state index is 8.75. The lowest BCUT2D eigenvalue weighted by Gasteiger charge is -2.04. The van der Waals surface area contributed by atoms with E-state index >= 15 is 0 Å². The predicted molar refractivity (Wildman–Crippen MR) is 52.9 cm³/mol. The summed E-state index contributed by atoms with van der Waals surface area (Å²) in [5, 5.41) is 15.3. The zero-order valence-corrected chi connectivity index (χ0v) is 8.31. The van der Waals surface area contributed by atoms with Gasteiger partial charge in [-0.25, -0.2) is 4.98 Å². The van der Waals surface area contributed by atoms with Gasteiger partial charge < -0.3 is 10.4 Å². The molecule has 0 saturated carbocycles. The van der Waals surface area contributed by atoms with Crippen molar-refractivity contribution in [3.8, 4) is 0 Å². The average molecular weight is 198 g/mol. The van der Waals surface area contributed by atoms with Crippen LogP contribution in [0.2, 0.25) is 0 Å². The highest BCUT2D eigenvalue weighted by atomic mass is 32.1. The van der Waals surface area contributed by atoms with Crippen LogP contribution in [-0.4, -0.2) is 23.2 Å². The zero-order chi connectivity index (χ0) is 9.10. The van der Waals surface area contributed by atoms with E-state index in [0.29, 0.717) is 12.5 Å². The van der Waals surface area contributed by atoms with E-state index < -0.39 is 0 Å². The molecule has 4 heteroatoms. The maximum Gasteiger partial charge on any atom is 0.0951 e. The van der Waals surface area contributed by atoms with Crippen molar-refractivity contribution in [2.45, 2.75) is 25.3 Å². The second-order valence-electron chi connectivity index (χ2n) is 3.29. The molecule has 13 heavy (non-hydrogen) atoms. The van der Waals surface area contributed by atoms with Gasteiger partial charge in [-0.15, -0.1) is 11.3 Å². The average Bonchev–Trinajstić information content (AvgIpc) is 2.70. The van der Waals surface area contributed by atoms with Crippen LogP contribution in [0.15, 0.2) is 5.38 Å². The third-order valence-electron chi connectivity index (χ3n) is 2.31. The van der Waals surface area contributed by atoms with Gasteiger partial charge in [-0.05, 0) is 19.4 Å². The fourth-order valence-corrected chi connectivity index (χ4v) is 2.47. The number of nitrogens with zero attached hydrogens (tertiary/aromatic N) is 1. The topological polar surface area (TPSA) is 45.2 Å². The Labute approximate surface area is 81.8 Å². The van der Waals surface area contributed by atoms with E-state index in [1.54, 1.807) is 11.3 Å². The third-order valence-corrected chi connectivity index (χ3v) is 3.24. The van der Waals surface area contributed by atoms with Crippen LogP contribution in [0, 0.1) is 0 Å². The molecule has 2 heterocycles. The van der Waals surface area contributed by atoms with Crippen molar-refractivity contribution in [1.82, 2.24) is 10.3 Å². The van der Waals surface area contributed by atoms with Crippen molar-refractivity contribution in [2.75, 3.05) is 13.2 Å². The summed E-state index contributed by atoms with van der Waals surface area (Å²) in [5.41, 5.74) is 1.16. The molecule has 1 aliphatic rings. The van der Waals surface area contributed by atoms with Gasteiger partial charge in [0.2, 0.25) is 0 Å². The highest BCUT2D eigenvalue weighted by molar-refractivity contribution is 7.09. The van der Waals surface area contributed by atoms with E-state index in [4.69, 9.17) is 5.11 Å². The zero-order valence-electron chi connectivity index (χ0n) is 7.49. The van der Waals surface area contributed by atoms with Gasteiger partial charge >= 0.3 is 0 Å². The van der Waals surface area contributed by atoms with Gasteiger partial charge in [0.15, 0.2) is 0 Å². The summed E-state index contributed by atoms with van der Waals surface area (Å²) >= 11 is 1.65. The Balaban J connectivity index is 2.03. The van der Waals surface area contributed by atoms with Crippen LogP contribution in [0.3, 0.4) is 0 Å². The van der Waals surface area contributed by atoms with Crippen LogP contribution in [-0.2, 0) is 6.42 Å². The Morgan fingerprint density at radius 2 is 2.62 bits per heavy atom. The van der Waals surface area contributed by atoms with E-state index in [1.165, 1.54) is 12.8 Å². The SMILES string of the molecule is OCCc1nc(C2CCCN2)cs1. The van der Waals surface area contributed by atoms with Crippen molar-refractivity contribution in [3.05, 3.63) is 16.1 Å². The summed E-state index contributed by atoms with van der Waals surface area (Å²) in [7, 11) is 0. The van der Waals surface area contributed by atoms with E-state index in [9.17, 15) is 0 Å². The highest BCUT2D eigenvalue weighted by Crippen LogP contribution is 2.24. The Hall–Kier alpha value is -0.450. The molecule has 1 saturated heterocycles. The number of hydrogen-bond donors (Lipinski definition) is 2. The minimum atomic E-state index is 0.199. The number of aromatic nitrogens is 1. The lowest BCUT2D eigenvalue weighted by Crippen LogP contribution is -2.13. The van der Waals surface area contributed by atoms with E-state index in [-0.39, 0.29) is 6.61 Å². The van der Waals surface area contributed by atoms with E-state index in [2.05, 4.69) is 15.7 Å². The Kier molecular flexibility index (Phi) is 2.93. The van der Waals surface area contributed by atoms with Crippen molar-refractivity contribution in [1.29, 1.82) is 0 Å². The fourth-order valence-electron chi connectivity index (χ4n) is 1.63. The molecule has 0 radical (unpaired) electrons. The minimum Gasteiger partial charge on any atom is -0.396 e. The number of hydrogen-bond acceptors (Lipinski definition) is 4. The van der Waals surface area contributed by atoms with Gasteiger partial charge in [-0.2, -0.15) is 0 Å². The molecule has 1 unspecified atom stereocenters. The molecule has 1 atom stereocenters. The lowest BCUT2D eigenvalue weighted by atomic mass is 10.2. The van der Waals surface area contributed by atoms with Crippen LogP contribution in [0.1, 0.15) is 29.6 Å². The first-order chi connectivity index (χ1) is 6.40. The summed E-state index contributed by atoms with van der Waals surface area (Å²) < 4.78 is 0. The third kappa shape index (κ3) is 2.07. The first-order valence-electron chi connectivity index (χ1n) is 4.68. The number of nitrogens with one attached hydrogen (secondary N) is 1. The molecule has 2 N–H and O–H groups in total. The number of thiazole rings is 1. The first kappa shape index (κ1) is 9.12. The molecular formula is C9H14N2OS. The Morgan fingerprint density at radius 1 is 1.69 bits per heavy atom. The van der Waals surface area contributed by atoms with E-state index in [1.807, 2.05) is 0 Å².